The first-order valence-corrected chi connectivity index (χ1v) is 23.4. The van der Waals surface area contributed by atoms with Crippen LogP contribution in [-0.2, 0) is 36.3 Å². The maximum atomic E-state index is 13.6. The second kappa shape index (κ2) is 22.0. The van der Waals surface area contributed by atoms with Crippen molar-refractivity contribution in [1.82, 2.24) is 61.2 Å². The number of allylic oxidation sites excluding steroid dienone is 2. The third kappa shape index (κ3) is 15.0. The summed E-state index contributed by atoms with van der Waals surface area (Å²) in [4.78, 5) is 62.9. The molecule has 0 atom stereocenters. The lowest BCUT2D eigenvalue weighted by Crippen LogP contribution is -2.40. The normalized spacial score (nSPS) is 15.6. The lowest BCUT2D eigenvalue weighted by molar-refractivity contribution is -0.904. The van der Waals surface area contributed by atoms with Crippen LogP contribution in [0.15, 0.2) is 85.2 Å². The van der Waals surface area contributed by atoms with Gasteiger partial charge in [-0.15, -0.1) is 10.2 Å². The largest absolute Gasteiger partial charge is 0.347 e. The average Bonchev–Trinajstić information content (AvgIpc) is 3.96. The molecule has 6 bridgehead atoms. The number of aromatic nitrogens is 8. The number of amides is 4. The Morgan fingerprint density at radius 2 is 1.00 bits per heavy atom. The van der Waals surface area contributed by atoms with Crippen LogP contribution in [0.4, 0.5) is 0 Å². The molecule has 67 heavy (non-hydrogen) atoms. The van der Waals surface area contributed by atoms with Crippen LogP contribution in [0.2, 0.25) is 0 Å². The van der Waals surface area contributed by atoms with Crippen molar-refractivity contribution in [1.29, 1.82) is 0 Å². The highest BCUT2D eigenvalue weighted by Gasteiger charge is 2.23. The zero-order valence-corrected chi connectivity index (χ0v) is 39.2. The van der Waals surface area contributed by atoms with Gasteiger partial charge in [0.1, 0.15) is 47.3 Å². The molecule has 4 aromatic heterocycles. The molecule has 4 amide bonds. The Morgan fingerprint density at radius 3 is 1.39 bits per heavy atom. The number of hydrogen-bond donors (Lipinski definition) is 5. The quantitative estimate of drug-likeness (QED) is 0.0840. The van der Waals surface area contributed by atoms with Crippen LogP contribution >= 0.6 is 0 Å². The van der Waals surface area contributed by atoms with E-state index in [1.54, 1.807) is 48.8 Å². The Kier molecular flexibility index (Phi) is 16.2. The molecule has 0 saturated carbocycles. The first kappa shape index (κ1) is 49.4. The highest BCUT2D eigenvalue weighted by molar-refractivity contribution is 7.85. The Hall–Kier alpha value is -7.01. The summed E-state index contributed by atoms with van der Waals surface area (Å²) >= 11 is 0. The third-order valence-corrected chi connectivity index (χ3v) is 11.5. The summed E-state index contributed by atoms with van der Waals surface area (Å²) in [6.07, 6.45) is 12.6. The highest BCUT2D eigenvalue weighted by atomic mass is 32.2. The molecule has 0 unspecified atom stereocenters. The second-order valence-corrected chi connectivity index (χ2v) is 19.2. The van der Waals surface area contributed by atoms with Crippen molar-refractivity contribution < 1.29 is 41.1 Å². The van der Waals surface area contributed by atoms with Crippen LogP contribution in [0.25, 0.3) is 11.4 Å². The van der Waals surface area contributed by atoms with Gasteiger partial charge in [0, 0.05) is 32.6 Å². The minimum absolute atomic E-state index is 0.0121. The first-order valence-electron chi connectivity index (χ1n) is 21.8. The molecular weight excluding hydrogens is 881 g/mol. The minimum Gasteiger partial charge on any atom is -0.347 e. The van der Waals surface area contributed by atoms with E-state index in [0.717, 1.165) is 40.7 Å². The number of nitrogens with one attached hydrogen (secondary N) is 4. The van der Waals surface area contributed by atoms with Crippen LogP contribution in [0.5, 0.6) is 0 Å². The van der Waals surface area contributed by atoms with Gasteiger partial charge >= 0.3 is 0 Å². The van der Waals surface area contributed by atoms with Gasteiger partial charge in [-0.2, -0.15) is 8.42 Å². The monoisotopic (exact) mass is 938 g/mol. The lowest BCUT2D eigenvalue weighted by atomic mass is 10.1. The molecule has 1 aromatic carbocycles. The topological polar surface area (TPSA) is 258 Å². The molecule has 5 aromatic rings. The lowest BCUT2D eigenvalue weighted by Gasteiger charge is -2.28. The predicted molar refractivity (Wildman–Crippen MR) is 247 cm³/mol. The Balaban J connectivity index is 1.21. The molecule has 2 aliphatic heterocycles. The minimum atomic E-state index is -4.08. The van der Waals surface area contributed by atoms with Crippen LogP contribution in [0.1, 0.15) is 90.7 Å². The Morgan fingerprint density at radius 1 is 0.612 bits per heavy atom. The maximum Gasteiger partial charge on any atom is 0.270 e. The number of benzene rings is 1. The van der Waals surface area contributed by atoms with Crippen molar-refractivity contribution in [2.24, 2.45) is 0 Å². The molecule has 0 radical (unpaired) electrons. The van der Waals surface area contributed by atoms with Gasteiger partial charge in [0.2, 0.25) is 0 Å². The summed E-state index contributed by atoms with van der Waals surface area (Å²) in [7, 11) is 3.98. The van der Waals surface area contributed by atoms with Crippen LogP contribution in [0, 0.1) is 0 Å². The number of nitrogens with zero attached hydrogens (tertiary/aromatic N) is 10. The molecule has 6 heterocycles. The van der Waals surface area contributed by atoms with Crippen LogP contribution in [-0.4, -0.2) is 146 Å². The van der Waals surface area contributed by atoms with E-state index in [9.17, 15) is 27.6 Å². The van der Waals surface area contributed by atoms with E-state index >= 15 is 0 Å². The molecule has 5 N–H and O–H groups in total. The summed E-state index contributed by atoms with van der Waals surface area (Å²) in [5, 5.41) is 28.5. The van der Waals surface area contributed by atoms with Crippen LogP contribution in [0.3, 0.4) is 0 Å². The average molecular weight is 939 g/mol. The molecule has 22 heteroatoms. The first-order chi connectivity index (χ1) is 31.8. The number of pyridine rings is 2. The summed E-state index contributed by atoms with van der Waals surface area (Å²) in [6, 6.07) is 13.3. The molecule has 0 aliphatic carbocycles. The van der Waals surface area contributed by atoms with E-state index < -0.39 is 33.7 Å². The van der Waals surface area contributed by atoms with Crippen molar-refractivity contribution in [3.05, 3.63) is 131 Å². The number of hydrogen-bond acceptors (Lipinski definition) is 12. The van der Waals surface area contributed by atoms with Crippen molar-refractivity contribution in [2.75, 3.05) is 60.1 Å². The van der Waals surface area contributed by atoms with E-state index in [1.165, 1.54) is 21.5 Å². The maximum absolute atomic E-state index is 13.6. The van der Waals surface area contributed by atoms with Crippen molar-refractivity contribution in [2.45, 2.75) is 52.4 Å². The van der Waals surface area contributed by atoms with E-state index in [4.69, 9.17) is 4.55 Å². The van der Waals surface area contributed by atoms with Gasteiger partial charge in [-0.25, -0.2) is 19.3 Å². The van der Waals surface area contributed by atoms with E-state index in [-0.39, 0.29) is 61.1 Å². The molecule has 21 nitrogen and oxygen atoms in total. The third-order valence-electron chi connectivity index (χ3n) is 10.7. The van der Waals surface area contributed by atoms with E-state index in [2.05, 4.69) is 72.9 Å². The van der Waals surface area contributed by atoms with Crippen molar-refractivity contribution in [3.63, 3.8) is 0 Å². The summed E-state index contributed by atoms with van der Waals surface area (Å²) in [6.45, 7) is 5.11. The number of carbonyl (C=O) groups is 4. The molecule has 0 fully saturated rings. The smallest absolute Gasteiger partial charge is 0.270 e. The van der Waals surface area contributed by atoms with Crippen LogP contribution < -0.4 is 21.3 Å². The number of unbranched alkanes of at least 4 members (excludes halogenated alkanes) is 1. The zero-order chi connectivity index (χ0) is 48.2. The Labute approximate surface area is 389 Å². The van der Waals surface area contributed by atoms with Gasteiger partial charge < -0.3 is 30.2 Å². The number of fused-ring (bicyclic) bond motifs is 13. The molecular formula is C45H58N14O7S+2. The van der Waals surface area contributed by atoms with Gasteiger partial charge in [0.05, 0.1) is 70.8 Å². The second-order valence-electron chi connectivity index (χ2n) is 17.6. The standard InChI is InChI=1S/C45H56N14O7S/c1-6-7-19-58(2,3)30-34-28-56(54-52-34)36-22-38-42(60)46-17-10-8-9-11-18-47-43(61)39-23-37(57-29-35(53-55-57)31-59(4,5)20-12-21-67(64,65)66)25-41(51-39)45(63)49-27-33-15-13-32(14-16-33)26-48-44(62)40(24-36)50-38/h8-11,13-16,22-25,28-29H,6-7,12,17-21,26-27,30-31H2,1-5H3,(H3-2,46,47,48,49,60,61,62,63,64,65,66)/p+2/b10-8+,11-9+. The summed E-state index contributed by atoms with van der Waals surface area (Å²) in [5.41, 5.74) is 3.58. The number of carbonyl (C=O) groups excluding carboxylic acids is 4. The molecule has 0 spiro atoms. The van der Waals surface area contributed by atoms with Gasteiger partial charge in [0.25, 0.3) is 33.7 Å². The van der Waals surface area contributed by atoms with E-state index in [0.29, 0.717) is 41.2 Å². The fraction of sp³-hybridized carbons (Fsp3) is 0.378. The van der Waals surface area contributed by atoms with Crippen molar-refractivity contribution in [3.8, 4) is 11.4 Å². The van der Waals surface area contributed by atoms with Crippen molar-refractivity contribution >= 4 is 33.7 Å². The highest BCUT2D eigenvalue weighted by Crippen LogP contribution is 2.17. The fourth-order valence-corrected chi connectivity index (χ4v) is 7.64. The predicted octanol–water partition coefficient (Wildman–Crippen LogP) is 2.31. The molecule has 0 saturated heterocycles. The van der Waals surface area contributed by atoms with Gasteiger partial charge in [0.15, 0.2) is 0 Å². The SMILES string of the molecule is CCCC[N+](C)(C)Cc1cn(-c2cc3nc(c2)C(=O)NCc2ccc(cc2)CNC(=O)c2cc(-n4cc(C[N+](C)(C)CCCS(=O)(=O)O)nn4)cc(n2)C(=O)NC/C=C/C=C/CNC3=O)nn1. The molecule has 354 valence electrons. The summed E-state index contributed by atoms with van der Waals surface area (Å²) in [5.74, 6) is -2.47. The summed E-state index contributed by atoms with van der Waals surface area (Å²) < 4.78 is 35.6. The fourth-order valence-electron chi connectivity index (χ4n) is 7.15. The number of rotatable bonds is 13. The van der Waals surface area contributed by atoms with Gasteiger partial charge in [-0.3, -0.25) is 23.7 Å². The van der Waals surface area contributed by atoms with E-state index in [1.807, 2.05) is 38.4 Å². The number of quaternary nitrogens is 2. The zero-order valence-electron chi connectivity index (χ0n) is 38.3. The van der Waals surface area contributed by atoms with Gasteiger partial charge in [-0.05, 0) is 41.8 Å². The molecule has 7 rings (SSSR count). The molecule has 2 aliphatic rings. The van der Waals surface area contributed by atoms with Gasteiger partial charge in [-0.1, -0.05) is 72.3 Å². The Bertz CT molecular complexity index is 2740.